The summed E-state index contributed by atoms with van der Waals surface area (Å²) < 4.78 is 39.0. The molecule has 0 bridgehead atoms. The van der Waals surface area contributed by atoms with Crippen LogP contribution in [0.25, 0.3) is 0 Å². The molecule has 2 N–H and O–H groups in total. The summed E-state index contributed by atoms with van der Waals surface area (Å²) in [5, 5.41) is 3.31. The van der Waals surface area contributed by atoms with Crippen molar-refractivity contribution >= 4 is 10.0 Å². The van der Waals surface area contributed by atoms with E-state index in [0.29, 0.717) is 36.0 Å². The van der Waals surface area contributed by atoms with Crippen LogP contribution in [0.3, 0.4) is 0 Å². The summed E-state index contributed by atoms with van der Waals surface area (Å²) in [5.74, 6) is 0.683. The second-order valence-electron chi connectivity index (χ2n) is 6.37. The Labute approximate surface area is 145 Å². The van der Waals surface area contributed by atoms with Crippen molar-refractivity contribution in [2.45, 2.75) is 31.6 Å². The predicted molar refractivity (Wildman–Crippen MR) is 93.9 cm³/mol. The van der Waals surface area contributed by atoms with Crippen LogP contribution in [-0.4, -0.2) is 48.4 Å². The summed E-state index contributed by atoms with van der Waals surface area (Å²) in [6, 6.07) is 5.06. The standard InChI is InChI=1S/C17H28N2O4S/c1-4-23-15-5-6-16(14(2)11-15)24(20,21)19-12-17(13-22-3)7-9-18-10-8-17/h5-6,11,18-19H,4,7-10,12-13H2,1-3H3. The van der Waals surface area contributed by atoms with Crippen LogP contribution in [0, 0.1) is 12.3 Å². The molecule has 2 rings (SSSR count). The molecule has 1 aromatic carbocycles. The molecule has 7 heteroatoms. The molecular weight excluding hydrogens is 328 g/mol. The lowest BCUT2D eigenvalue weighted by Crippen LogP contribution is -2.47. The molecule has 0 saturated carbocycles. The van der Waals surface area contributed by atoms with Gasteiger partial charge >= 0.3 is 0 Å². The van der Waals surface area contributed by atoms with Crippen molar-refractivity contribution < 1.29 is 17.9 Å². The van der Waals surface area contributed by atoms with E-state index in [0.717, 1.165) is 25.9 Å². The second-order valence-corrected chi connectivity index (χ2v) is 8.10. The molecule has 136 valence electrons. The molecule has 1 saturated heterocycles. The number of methoxy groups -OCH3 is 1. The maximum Gasteiger partial charge on any atom is 0.240 e. The quantitative estimate of drug-likeness (QED) is 0.741. The number of rotatable bonds is 8. The molecule has 0 atom stereocenters. The molecule has 0 amide bonds. The van der Waals surface area contributed by atoms with E-state index in [1.807, 2.05) is 6.92 Å². The number of sulfonamides is 1. The fourth-order valence-corrected chi connectivity index (χ4v) is 4.52. The van der Waals surface area contributed by atoms with Gasteiger partial charge in [0.1, 0.15) is 5.75 Å². The SMILES string of the molecule is CCOc1ccc(S(=O)(=O)NCC2(COC)CCNCC2)c(C)c1. The van der Waals surface area contributed by atoms with E-state index in [1.165, 1.54) is 0 Å². The predicted octanol–water partition coefficient (Wildman–Crippen LogP) is 1.69. The zero-order chi connectivity index (χ0) is 17.6. The van der Waals surface area contributed by atoms with Gasteiger partial charge in [-0.2, -0.15) is 0 Å². The maximum atomic E-state index is 12.7. The van der Waals surface area contributed by atoms with Gasteiger partial charge < -0.3 is 14.8 Å². The van der Waals surface area contributed by atoms with Crippen LogP contribution in [0.2, 0.25) is 0 Å². The highest BCUT2D eigenvalue weighted by molar-refractivity contribution is 7.89. The summed E-state index contributed by atoms with van der Waals surface area (Å²) in [7, 11) is -1.90. The number of hydrogen-bond acceptors (Lipinski definition) is 5. The number of piperidine rings is 1. The van der Waals surface area contributed by atoms with Crippen molar-refractivity contribution in [1.29, 1.82) is 0 Å². The monoisotopic (exact) mass is 356 g/mol. The molecule has 1 heterocycles. The highest BCUT2D eigenvalue weighted by Gasteiger charge is 2.33. The van der Waals surface area contributed by atoms with Crippen molar-refractivity contribution in [3.05, 3.63) is 23.8 Å². The molecular formula is C17H28N2O4S. The molecule has 1 aliphatic rings. The smallest absolute Gasteiger partial charge is 0.240 e. The first kappa shape index (κ1) is 19.2. The van der Waals surface area contributed by atoms with Crippen LogP contribution in [0.4, 0.5) is 0 Å². The van der Waals surface area contributed by atoms with E-state index >= 15 is 0 Å². The van der Waals surface area contributed by atoms with Crippen molar-refractivity contribution in [1.82, 2.24) is 10.0 Å². The third-order valence-corrected chi connectivity index (χ3v) is 6.06. The average molecular weight is 356 g/mol. The van der Waals surface area contributed by atoms with Crippen LogP contribution in [-0.2, 0) is 14.8 Å². The summed E-state index contributed by atoms with van der Waals surface area (Å²) in [5.41, 5.74) is 0.534. The zero-order valence-electron chi connectivity index (χ0n) is 14.7. The minimum Gasteiger partial charge on any atom is -0.494 e. The van der Waals surface area contributed by atoms with Crippen LogP contribution in [0.1, 0.15) is 25.3 Å². The minimum atomic E-state index is -3.56. The van der Waals surface area contributed by atoms with Crippen LogP contribution < -0.4 is 14.8 Å². The van der Waals surface area contributed by atoms with Gasteiger partial charge in [-0.05, 0) is 63.5 Å². The Morgan fingerprint density at radius 3 is 2.58 bits per heavy atom. The summed E-state index contributed by atoms with van der Waals surface area (Å²) >= 11 is 0. The first-order valence-electron chi connectivity index (χ1n) is 8.35. The third kappa shape index (κ3) is 4.69. The molecule has 1 aliphatic heterocycles. The van der Waals surface area contributed by atoms with E-state index in [4.69, 9.17) is 9.47 Å². The van der Waals surface area contributed by atoms with Crippen molar-refractivity contribution in [3.8, 4) is 5.75 Å². The van der Waals surface area contributed by atoms with Crippen molar-refractivity contribution in [2.24, 2.45) is 5.41 Å². The van der Waals surface area contributed by atoms with Crippen molar-refractivity contribution in [2.75, 3.05) is 40.0 Å². The topological polar surface area (TPSA) is 76.7 Å². The minimum absolute atomic E-state index is 0.147. The Balaban J connectivity index is 2.12. The van der Waals surface area contributed by atoms with E-state index in [-0.39, 0.29) is 5.41 Å². The number of hydrogen-bond donors (Lipinski definition) is 2. The number of ether oxygens (including phenoxy) is 2. The van der Waals surface area contributed by atoms with Crippen LogP contribution in [0.15, 0.2) is 23.1 Å². The van der Waals surface area contributed by atoms with Gasteiger partial charge in [0, 0.05) is 19.1 Å². The van der Waals surface area contributed by atoms with E-state index in [9.17, 15) is 8.42 Å². The highest BCUT2D eigenvalue weighted by atomic mass is 32.2. The van der Waals surface area contributed by atoms with Gasteiger partial charge in [-0.3, -0.25) is 0 Å². The lowest BCUT2D eigenvalue weighted by atomic mass is 9.80. The lowest BCUT2D eigenvalue weighted by Gasteiger charge is -2.37. The summed E-state index contributed by atoms with van der Waals surface area (Å²) in [6.07, 6.45) is 1.79. The van der Waals surface area contributed by atoms with Gasteiger partial charge in [-0.15, -0.1) is 0 Å². The van der Waals surface area contributed by atoms with Gasteiger partial charge in [0.15, 0.2) is 0 Å². The van der Waals surface area contributed by atoms with Crippen LogP contribution in [0.5, 0.6) is 5.75 Å². The third-order valence-electron chi connectivity index (χ3n) is 4.50. The van der Waals surface area contributed by atoms with Crippen LogP contribution >= 0.6 is 0 Å². The number of nitrogens with one attached hydrogen (secondary N) is 2. The van der Waals surface area contributed by atoms with E-state index in [1.54, 1.807) is 32.2 Å². The fourth-order valence-electron chi connectivity index (χ4n) is 3.14. The molecule has 0 spiro atoms. The molecule has 0 unspecified atom stereocenters. The second kappa shape index (κ2) is 8.29. The Morgan fingerprint density at radius 1 is 1.29 bits per heavy atom. The van der Waals surface area contributed by atoms with Gasteiger partial charge in [-0.1, -0.05) is 0 Å². The molecule has 6 nitrogen and oxygen atoms in total. The maximum absolute atomic E-state index is 12.7. The average Bonchev–Trinajstić information content (AvgIpc) is 2.55. The zero-order valence-corrected chi connectivity index (χ0v) is 15.5. The van der Waals surface area contributed by atoms with Gasteiger partial charge in [0.25, 0.3) is 0 Å². The molecule has 0 aromatic heterocycles. The Bertz CT molecular complexity index is 634. The first-order valence-corrected chi connectivity index (χ1v) is 9.83. The van der Waals surface area contributed by atoms with Gasteiger partial charge in [-0.25, -0.2) is 13.1 Å². The summed E-state index contributed by atoms with van der Waals surface area (Å²) in [6.45, 7) is 6.94. The fraction of sp³-hybridized carbons (Fsp3) is 0.647. The van der Waals surface area contributed by atoms with E-state index in [2.05, 4.69) is 10.0 Å². The normalized spacial score (nSPS) is 17.6. The lowest BCUT2D eigenvalue weighted by molar-refractivity contribution is 0.0577. The Hall–Kier alpha value is -1.15. The molecule has 0 aliphatic carbocycles. The number of aryl methyl sites for hydroxylation is 1. The first-order chi connectivity index (χ1) is 11.4. The molecule has 0 radical (unpaired) electrons. The Kier molecular flexibility index (Phi) is 6.62. The van der Waals surface area contributed by atoms with Crippen molar-refractivity contribution in [3.63, 3.8) is 0 Å². The number of benzene rings is 1. The largest absolute Gasteiger partial charge is 0.494 e. The van der Waals surface area contributed by atoms with Gasteiger partial charge in [0.2, 0.25) is 10.0 Å². The summed E-state index contributed by atoms with van der Waals surface area (Å²) in [4.78, 5) is 0.299. The molecule has 24 heavy (non-hydrogen) atoms. The Morgan fingerprint density at radius 2 is 2.00 bits per heavy atom. The van der Waals surface area contributed by atoms with Gasteiger partial charge in [0.05, 0.1) is 18.1 Å². The highest BCUT2D eigenvalue weighted by Crippen LogP contribution is 2.29. The van der Waals surface area contributed by atoms with E-state index < -0.39 is 10.0 Å². The molecule has 1 aromatic rings. The molecule has 1 fully saturated rings.